The summed E-state index contributed by atoms with van der Waals surface area (Å²) in [5.41, 5.74) is 10.1. The highest BCUT2D eigenvalue weighted by Crippen LogP contribution is 2.35. The minimum atomic E-state index is -1.28. The molecule has 0 fully saturated rings. The van der Waals surface area contributed by atoms with Crippen LogP contribution in [0.2, 0.25) is 0 Å². The first-order chi connectivity index (χ1) is 18.9. The Hall–Kier alpha value is -2.52. The summed E-state index contributed by atoms with van der Waals surface area (Å²) >= 11 is 1.55. The van der Waals surface area contributed by atoms with Crippen molar-refractivity contribution >= 4 is 29.2 Å². The number of ether oxygens (including phenoxy) is 1. The van der Waals surface area contributed by atoms with Gasteiger partial charge in [-0.3, -0.25) is 9.59 Å². The van der Waals surface area contributed by atoms with E-state index in [1.165, 1.54) is 5.57 Å². The number of cyclic esters (lactones) is 1. The van der Waals surface area contributed by atoms with Crippen LogP contribution in [0.1, 0.15) is 96.7 Å². The molecule has 0 aliphatic carbocycles. The van der Waals surface area contributed by atoms with Crippen molar-refractivity contribution in [2.24, 2.45) is 22.4 Å². The third-order valence-electron chi connectivity index (χ3n) is 7.95. The lowest BCUT2D eigenvalue weighted by Crippen LogP contribution is -2.46. The van der Waals surface area contributed by atoms with Crippen molar-refractivity contribution in [3.05, 3.63) is 43.7 Å². The predicted octanol–water partition coefficient (Wildman–Crippen LogP) is 6.73. The van der Waals surface area contributed by atoms with Gasteiger partial charge in [-0.1, -0.05) is 44.0 Å². The van der Waals surface area contributed by atoms with Crippen molar-refractivity contribution in [1.29, 1.82) is 0 Å². The number of aryl methyl sites for hydroxylation is 1. The maximum atomic E-state index is 13.8. The normalized spacial score (nSPS) is 28.8. The second kappa shape index (κ2) is 16.1. The zero-order valence-electron chi connectivity index (χ0n) is 24.8. The Morgan fingerprint density at radius 2 is 2.02 bits per heavy atom. The van der Waals surface area contributed by atoms with E-state index >= 15 is 0 Å². The van der Waals surface area contributed by atoms with Crippen molar-refractivity contribution in [2.45, 2.75) is 111 Å². The molecular weight excluding hydrogens is 528 g/mol. The molecule has 1 aliphatic rings. The summed E-state index contributed by atoms with van der Waals surface area (Å²) in [6.07, 6.45) is 5.53. The van der Waals surface area contributed by atoms with Crippen LogP contribution in [0.4, 0.5) is 0 Å². The number of carbonyl (C=O) groups excluding carboxylic acids is 2. The summed E-state index contributed by atoms with van der Waals surface area (Å²) in [4.78, 5) is 34.1. The predicted molar refractivity (Wildman–Crippen MR) is 159 cm³/mol. The van der Waals surface area contributed by atoms with E-state index < -0.39 is 35.6 Å². The molecule has 1 aliphatic heterocycles. The molecule has 0 aromatic carbocycles. The van der Waals surface area contributed by atoms with Gasteiger partial charge >= 0.3 is 5.97 Å². The van der Waals surface area contributed by atoms with Gasteiger partial charge in [-0.15, -0.1) is 11.3 Å². The Kier molecular flexibility index (Phi) is 13.5. The first-order valence-electron chi connectivity index (χ1n) is 14.2. The molecule has 222 valence electrons. The van der Waals surface area contributed by atoms with E-state index in [-0.39, 0.29) is 18.1 Å². The summed E-state index contributed by atoms with van der Waals surface area (Å²) in [7, 11) is 0. The summed E-state index contributed by atoms with van der Waals surface area (Å²) in [6.45, 7) is 11.4. The monoisotopic (exact) mass is 574 g/mol. The molecule has 0 spiro atoms. The number of unbranched alkanes of at least 4 members (excludes halogenated alkanes) is 1. The fraction of sp³-hybridized carbons (Fsp3) is 0.700. The smallest absolute Gasteiger partial charge is 0.309 e. The van der Waals surface area contributed by atoms with Crippen LogP contribution in [-0.4, -0.2) is 51.8 Å². The molecule has 2 rings (SSSR count). The van der Waals surface area contributed by atoms with E-state index in [4.69, 9.17) is 10.3 Å². The Morgan fingerprint density at radius 3 is 2.67 bits per heavy atom. The molecule has 0 saturated heterocycles. The minimum absolute atomic E-state index is 0.121. The number of ketones is 1. The van der Waals surface area contributed by atoms with Gasteiger partial charge in [-0.25, -0.2) is 4.98 Å². The number of thiazole rings is 1. The Labute approximate surface area is 242 Å². The lowest BCUT2D eigenvalue weighted by atomic mass is 9.71. The van der Waals surface area contributed by atoms with E-state index in [2.05, 4.69) is 21.1 Å². The van der Waals surface area contributed by atoms with E-state index in [9.17, 15) is 19.8 Å². The van der Waals surface area contributed by atoms with Crippen LogP contribution in [0.5, 0.6) is 0 Å². The molecule has 40 heavy (non-hydrogen) atoms. The lowest BCUT2D eigenvalue weighted by Gasteiger charge is -2.36. The van der Waals surface area contributed by atoms with E-state index in [1.807, 2.05) is 39.2 Å². The number of azide groups is 1. The number of aliphatic hydroxyl groups is 2. The van der Waals surface area contributed by atoms with Crippen molar-refractivity contribution < 1.29 is 24.5 Å². The second-order valence-electron chi connectivity index (χ2n) is 11.7. The molecule has 1 aromatic rings. The summed E-state index contributed by atoms with van der Waals surface area (Å²) in [5, 5.41) is 28.8. The van der Waals surface area contributed by atoms with Crippen molar-refractivity contribution in [2.75, 3.05) is 6.54 Å². The maximum Gasteiger partial charge on any atom is 0.309 e. The van der Waals surface area contributed by atoms with Crippen LogP contribution in [0.15, 0.2) is 27.7 Å². The number of aromatic nitrogens is 1. The topological polar surface area (TPSA) is 145 Å². The Bertz CT molecular complexity index is 1110. The Morgan fingerprint density at radius 1 is 1.30 bits per heavy atom. The number of nitrogens with zero attached hydrogens (tertiary/aromatic N) is 4. The van der Waals surface area contributed by atoms with Gasteiger partial charge in [-0.05, 0) is 76.0 Å². The van der Waals surface area contributed by atoms with Gasteiger partial charge in [0.25, 0.3) is 0 Å². The zero-order valence-corrected chi connectivity index (χ0v) is 25.6. The zero-order chi connectivity index (χ0) is 29.9. The standard InChI is InChI=1S/C30H46N4O5S/c1-19-10-9-11-20(2)28(37)24(12-7-8-15-32-34-31)29(38)30(5,6)26(35)17-27(36)39-25(14-13-19)21(3)16-23-18-40-22(4)33-23/h13,16,18,20,24-26,28,35,37H,7-12,14-15,17H2,1-6H3/b19-13-,21-16+/t20?,24?,25?,26-,28?/m0/s1. The van der Waals surface area contributed by atoms with E-state index in [0.717, 1.165) is 35.5 Å². The molecule has 9 nitrogen and oxygen atoms in total. The van der Waals surface area contributed by atoms with Crippen molar-refractivity contribution in [1.82, 2.24) is 4.98 Å². The van der Waals surface area contributed by atoms with E-state index in [0.29, 0.717) is 32.2 Å². The van der Waals surface area contributed by atoms with Crippen LogP contribution in [-0.2, 0) is 14.3 Å². The number of hydrogen-bond donors (Lipinski definition) is 2. The molecule has 0 radical (unpaired) electrons. The van der Waals surface area contributed by atoms with E-state index in [1.54, 1.807) is 25.2 Å². The highest BCUT2D eigenvalue weighted by Gasteiger charge is 2.43. The highest BCUT2D eigenvalue weighted by atomic mass is 32.1. The maximum absolute atomic E-state index is 13.8. The van der Waals surface area contributed by atoms with Gasteiger partial charge in [0, 0.05) is 29.2 Å². The van der Waals surface area contributed by atoms with Gasteiger partial charge in [0.15, 0.2) is 0 Å². The number of allylic oxidation sites excluding steroid dienone is 1. The van der Waals surface area contributed by atoms with Crippen LogP contribution in [0, 0.1) is 24.2 Å². The molecule has 2 heterocycles. The number of rotatable bonds is 7. The third-order valence-corrected chi connectivity index (χ3v) is 8.74. The minimum Gasteiger partial charge on any atom is -0.457 e. The van der Waals surface area contributed by atoms with Gasteiger partial charge in [-0.2, -0.15) is 0 Å². The molecule has 2 N–H and O–H groups in total. The lowest BCUT2D eigenvalue weighted by molar-refractivity contribution is -0.154. The van der Waals surface area contributed by atoms with Crippen molar-refractivity contribution in [3.63, 3.8) is 0 Å². The van der Waals surface area contributed by atoms with Crippen LogP contribution >= 0.6 is 11.3 Å². The number of aliphatic hydroxyl groups excluding tert-OH is 2. The summed E-state index contributed by atoms with van der Waals surface area (Å²) in [5.74, 6) is -1.68. The van der Waals surface area contributed by atoms with Gasteiger partial charge in [0.05, 0.1) is 34.7 Å². The largest absolute Gasteiger partial charge is 0.457 e. The number of carbonyl (C=O) groups is 2. The summed E-state index contributed by atoms with van der Waals surface area (Å²) < 4.78 is 5.87. The highest BCUT2D eigenvalue weighted by molar-refractivity contribution is 7.09. The molecule has 1 aromatic heterocycles. The molecule has 0 saturated carbocycles. The third kappa shape index (κ3) is 10.1. The van der Waals surface area contributed by atoms with Gasteiger partial charge in [0.1, 0.15) is 11.9 Å². The second-order valence-corrected chi connectivity index (χ2v) is 12.7. The number of esters is 1. The average molecular weight is 575 g/mol. The first kappa shape index (κ1) is 33.7. The van der Waals surface area contributed by atoms with Crippen LogP contribution < -0.4 is 0 Å². The fourth-order valence-electron chi connectivity index (χ4n) is 5.09. The van der Waals surface area contributed by atoms with Crippen LogP contribution in [0.25, 0.3) is 16.5 Å². The molecule has 0 bridgehead atoms. The molecule has 0 amide bonds. The van der Waals surface area contributed by atoms with Gasteiger partial charge in [0.2, 0.25) is 0 Å². The quantitative estimate of drug-likeness (QED) is 0.0922. The average Bonchev–Trinajstić information content (AvgIpc) is 3.31. The fourth-order valence-corrected chi connectivity index (χ4v) is 5.66. The number of Topliss-reactive ketones (excluding diaryl/α,β-unsaturated/α-hetero) is 1. The molecule has 4 unspecified atom stereocenters. The summed E-state index contributed by atoms with van der Waals surface area (Å²) in [6, 6.07) is 0. The van der Waals surface area contributed by atoms with Crippen LogP contribution in [0.3, 0.4) is 0 Å². The molecular formula is C30H46N4O5S. The molecule has 5 atom stereocenters. The first-order valence-corrected chi connectivity index (χ1v) is 15.1. The van der Waals surface area contributed by atoms with Gasteiger partial charge < -0.3 is 14.9 Å². The Balaban J connectivity index is 2.33. The SMILES string of the molecule is C/C1=C/CC(/C(C)=C/c2csc(C)n2)OC(=O)C[C@H](O)C(C)(C)C(=O)C(CCCCN=[N+]=[N-])C(O)C(C)CCC1. The molecule has 10 heteroatoms. The van der Waals surface area contributed by atoms with Crippen molar-refractivity contribution in [3.8, 4) is 0 Å². The number of hydrogen-bond acceptors (Lipinski definition) is 8.